The fourth-order valence-electron chi connectivity index (χ4n) is 2.14. The first-order valence-corrected chi connectivity index (χ1v) is 5.68. The minimum atomic E-state index is -0.725. The van der Waals surface area contributed by atoms with Crippen molar-refractivity contribution in [2.75, 3.05) is 14.1 Å². The average Bonchev–Trinajstić information content (AvgIpc) is 3.00. The van der Waals surface area contributed by atoms with E-state index in [1.165, 1.54) is 0 Å². The second-order valence-electron chi connectivity index (χ2n) is 4.91. The van der Waals surface area contributed by atoms with E-state index >= 15 is 0 Å². The van der Waals surface area contributed by atoms with Crippen molar-refractivity contribution in [3.8, 4) is 5.75 Å². The van der Waals surface area contributed by atoms with Crippen LogP contribution in [-0.4, -0.2) is 35.2 Å². The monoisotopic (exact) mass is 235 g/mol. The van der Waals surface area contributed by atoms with Crippen LogP contribution in [0.4, 0.5) is 0 Å². The Morgan fingerprint density at radius 2 is 2.18 bits per heavy atom. The minimum Gasteiger partial charge on any atom is -0.508 e. The summed E-state index contributed by atoms with van der Waals surface area (Å²) in [5.41, 5.74) is 1.87. The average molecular weight is 235 g/mol. The fraction of sp³-hybridized carbons (Fsp3) is 0.462. The van der Waals surface area contributed by atoms with Gasteiger partial charge < -0.3 is 15.1 Å². The number of carboxylic acid groups (broad SMARTS) is 1. The summed E-state index contributed by atoms with van der Waals surface area (Å²) in [7, 11) is 3.87. The Hall–Kier alpha value is -1.55. The van der Waals surface area contributed by atoms with Crippen molar-refractivity contribution in [1.29, 1.82) is 0 Å². The molecule has 92 valence electrons. The van der Waals surface area contributed by atoms with Gasteiger partial charge in [0, 0.05) is 12.1 Å². The number of carbonyl (C=O) groups is 1. The van der Waals surface area contributed by atoms with Crippen LogP contribution in [0.3, 0.4) is 0 Å². The molecule has 2 N–H and O–H groups in total. The third-order valence-electron chi connectivity index (χ3n) is 3.13. The molecule has 1 fully saturated rings. The van der Waals surface area contributed by atoms with Crippen molar-refractivity contribution in [1.82, 2.24) is 4.90 Å². The Morgan fingerprint density at radius 3 is 2.71 bits per heavy atom. The van der Waals surface area contributed by atoms with E-state index in [1.807, 2.05) is 31.1 Å². The Bertz CT molecular complexity index is 442. The third kappa shape index (κ3) is 2.58. The molecule has 0 bridgehead atoms. The van der Waals surface area contributed by atoms with Gasteiger partial charge in [-0.15, -0.1) is 0 Å². The maximum Gasteiger partial charge on any atom is 0.307 e. The molecule has 0 saturated heterocycles. The topological polar surface area (TPSA) is 60.8 Å². The Labute approximate surface area is 100 Å². The second kappa shape index (κ2) is 4.37. The van der Waals surface area contributed by atoms with Gasteiger partial charge in [-0.25, -0.2) is 0 Å². The number of hydrogen-bond donors (Lipinski definition) is 2. The van der Waals surface area contributed by atoms with E-state index in [0.29, 0.717) is 13.0 Å². The van der Waals surface area contributed by atoms with E-state index in [-0.39, 0.29) is 17.6 Å². The van der Waals surface area contributed by atoms with Crippen LogP contribution in [0.2, 0.25) is 0 Å². The van der Waals surface area contributed by atoms with Crippen LogP contribution in [-0.2, 0) is 11.3 Å². The lowest BCUT2D eigenvalue weighted by Gasteiger charge is -2.12. The summed E-state index contributed by atoms with van der Waals surface area (Å²) in [4.78, 5) is 12.8. The molecule has 4 nitrogen and oxygen atoms in total. The number of benzene rings is 1. The third-order valence-corrected chi connectivity index (χ3v) is 3.13. The van der Waals surface area contributed by atoms with Crippen molar-refractivity contribution < 1.29 is 15.0 Å². The van der Waals surface area contributed by atoms with Gasteiger partial charge in [0.15, 0.2) is 0 Å². The molecule has 0 unspecified atom stereocenters. The van der Waals surface area contributed by atoms with E-state index in [1.54, 1.807) is 6.07 Å². The Kier molecular flexibility index (Phi) is 3.07. The van der Waals surface area contributed by atoms with E-state index in [2.05, 4.69) is 0 Å². The Balaban J connectivity index is 2.17. The molecule has 0 spiro atoms. The lowest BCUT2D eigenvalue weighted by molar-refractivity contribution is -0.138. The molecule has 0 amide bonds. The van der Waals surface area contributed by atoms with Crippen molar-refractivity contribution in [3.05, 3.63) is 29.3 Å². The highest BCUT2D eigenvalue weighted by Crippen LogP contribution is 2.48. The molecular formula is C13H17NO3. The number of phenols is 1. The number of phenolic OH excluding ortho intramolecular Hbond substituents is 1. The first kappa shape index (κ1) is 11.9. The molecule has 1 aliphatic rings. The van der Waals surface area contributed by atoms with Gasteiger partial charge in [0.25, 0.3) is 0 Å². The lowest BCUT2D eigenvalue weighted by Crippen LogP contribution is -2.11. The second-order valence-corrected chi connectivity index (χ2v) is 4.91. The largest absolute Gasteiger partial charge is 0.508 e. The van der Waals surface area contributed by atoms with Crippen LogP contribution < -0.4 is 0 Å². The van der Waals surface area contributed by atoms with E-state index in [9.17, 15) is 9.90 Å². The van der Waals surface area contributed by atoms with Gasteiger partial charge in [-0.2, -0.15) is 0 Å². The van der Waals surface area contributed by atoms with Crippen LogP contribution in [0.1, 0.15) is 23.5 Å². The molecule has 1 aromatic rings. The van der Waals surface area contributed by atoms with Gasteiger partial charge in [0.2, 0.25) is 0 Å². The van der Waals surface area contributed by atoms with E-state index < -0.39 is 5.97 Å². The molecule has 17 heavy (non-hydrogen) atoms. The SMILES string of the molecule is CN(C)Cc1cc([C@@H]2C[C@H]2C(=O)O)ccc1O. The van der Waals surface area contributed by atoms with E-state index in [0.717, 1.165) is 11.1 Å². The summed E-state index contributed by atoms with van der Waals surface area (Å²) in [6.07, 6.45) is 0.710. The van der Waals surface area contributed by atoms with Crippen LogP contribution in [0, 0.1) is 5.92 Å². The molecule has 0 aromatic heterocycles. The predicted octanol–water partition coefficient (Wildman–Crippen LogP) is 1.64. The lowest BCUT2D eigenvalue weighted by atomic mass is 10.0. The summed E-state index contributed by atoms with van der Waals surface area (Å²) >= 11 is 0. The van der Waals surface area contributed by atoms with Crippen LogP contribution in [0.5, 0.6) is 5.75 Å². The highest BCUT2D eigenvalue weighted by atomic mass is 16.4. The first-order chi connectivity index (χ1) is 7.99. The molecule has 2 rings (SSSR count). The zero-order valence-electron chi connectivity index (χ0n) is 10.1. The van der Waals surface area contributed by atoms with Crippen LogP contribution in [0.25, 0.3) is 0 Å². The maximum absolute atomic E-state index is 10.8. The normalized spacial score (nSPS) is 22.8. The standard InChI is InChI=1S/C13H17NO3/c1-14(2)7-9-5-8(3-4-12(9)15)10-6-11(10)13(16)17/h3-5,10-11,15H,6-7H2,1-2H3,(H,16,17)/t10-,11+/m0/s1. The fourth-order valence-corrected chi connectivity index (χ4v) is 2.14. The van der Waals surface area contributed by atoms with Gasteiger partial charge >= 0.3 is 5.97 Å². The highest BCUT2D eigenvalue weighted by molar-refractivity contribution is 5.75. The van der Waals surface area contributed by atoms with Crippen molar-refractivity contribution in [2.45, 2.75) is 18.9 Å². The predicted molar refractivity (Wildman–Crippen MR) is 64.0 cm³/mol. The molecule has 4 heteroatoms. The molecule has 0 radical (unpaired) electrons. The van der Waals surface area contributed by atoms with Gasteiger partial charge in [0.05, 0.1) is 5.92 Å². The zero-order chi connectivity index (χ0) is 12.6. The number of aromatic hydroxyl groups is 1. The molecule has 0 heterocycles. The number of aliphatic carboxylic acids is 1. The van der Waals surface area contributed by atoms with Crippen molar-refractivity contribution in [3.63, 3.8) is 0 Å². The maximum atomic E-state index is 10.8. The summed E-state index contributed by atoms with van der Waals surface area (Å²) in [5.74, 6) is -0.576. The molecule has 1 aliphatic carbocycles. The van der Waals surface area contributed by atoms with Gasteiger partial charge in [0.1, 0.15) is 5.75 Å². The highest BCUT2D eigenvalue weighted by Gasteiger charge is 2.44. The molecule has 1 aromatic carbocycles. The van der Waals surface area contributed by atoms with Gasteiger partial charge in [-0.3, -0.25) is 4.79 Å². The number of nitrogens with zero attached hydrogens (tertiary/aromatic N) is 1. The van der Waals surface area contributed by atoms with Crippen LogP contribution >= 0.6 is 0 Å². The van der Waals surface area contributed by atoms with Crippen molar-refractivity contribution in [2.24, 2.45) is 5.92 Å². The molecule has 0 aliphatic heterocycles. The van der Waals surface area contributed by atoms with Crippen LogP contribution in [0.15, 0.2) is 18.2 Å². The molecule has 1 saturated carbocycles. The number of hydrogen-bond acceptors (Lipinski definition) is 3. The summed E-state index contributed by atoms with van der Waals surface area (Å²) in [5, 5.41) is 18.6. The summed E-state index contributed by atoms with van der Waals surface area (Å²) < 4.78 is 0. The number of rotatable bonds is 4. The molecule has 2 atom stereocenters. The Morgan fingerprint density at radius 1 is 1.47 bits per heavy atom. The van der Waals surface area contributed by atoms with Gasteiger partial charge in [-0.1, -0.05) is 12.1 Å². The summed E-state index contributed by atoms with van der Waals surface area (Å²) in [6.45, 7) is 0.657. The van der Waals surface area contributed by atoms with Gasteiger partial charge in [-0.05, 0) is 38.1 Å². The smallest absolute Gasteiger partial charge is 0.307 e. The summed E-state index contributed by atoms with van der Waals surface area (Å²) in [6, 6.07) is 5.40. The minimum absolute atomic E-state index is 0.119. The zero-order valence-corrected chi connectivity index (χ0v) is 10.1. The van der Waals surface area contributed by atoms with E-state index in [4.69, 9.17) is 5.11 Å². The first-order valence-electron chi connectivity index (χ1n) is 5.68. The molecular weight excluding hydrogens is 218 g/mol. The quantitative estimate of drug-likeness (QED) is 0.833. The van der Waals surface area contributed by atoms with Crippen molar-refractivity contribution >= 4 is 5.97 Å². The number of carboxylic acids is 1.